The number of nitrogens with one attached hydrogen (secondary N) is 1. The highest BCUT2D eigenvalue weighted by Crippen LogP contribution is 2.11. The van der Waals surface area contributed by atoms with E-state index < -0.39 is 0 Å². The van der Waals surface area contributed by atoms with Gasteiger partial charge in [-0.3, -0.25) is 4.79 Å². The number of benzene rings is 1. The van der Waals surface area contributed by atoms with Crippen LogP contribution in [0.25, 0.3) is 17.1 Å². The van der Waals surface area contributed by atoms with Crippen molar-refractivity contribution in [3.05, 3.63) is 29.8 Å². The summed E-state index contributed by atoms with van der Waals surface area (Å²) >= 11 is 0. The van der Waals surface area contributed by atoms with Gasteiger partial charge in [-0.25, -0.2) is 0 Å². The van der Waals surface area contributed by atoms with Crippen LogP contribution in [0.5, 0.6) is 0 Å². The molecule has 0 saturated heterocycles. The van der Waals surface area contributed by atoms with Gasteiger partial charge >= 0.3 is 5.97 Å². The van der Waals surface area contributed by atoms with Gasteiger partial charge in [0.25, 0.3) is 0 Å². The maximum Gasteiger partial charge on any atom is 0.309 e. The molecule has 1 N–H and O–H groups in total. The summed E-state index contributed by atoms with van der Waals surface area (Å²) < 4.78 is 4.53. The molecule has 5 heteroatoms. The molecule has 1 aromatic carbocycles. The van der Waals surface area contributed by atoms with E-state index in [0.29, 0.717) is 0 Å². The maximum absolute atomic E-state index is 10.9. The summed E-state index contributed by atoms with van der Waals surface area (Å²) in [6.45, 7) is 0. The Bertz CT molecular complexity index is 531. The zero-order valence-electron chi connectivity index (χ0n) is 8.80. The Labute approximate surface area is 92.1 Å². The second kappa shape index (κ2) is 4.57. The van der Waals surface area contributed by atoms with Crippen molar-refractivity contribution in [3.63, 3.8) is 0 Å². The lowest BCUT2D eigenvalue weighted by atomic mass is 10.2. The van der Waals surface area contributed by atoms with Crippen LogP contribution in [-0.2, 0) is 9.53 Å². The van der Waals surface area contributed by atoms with Crippen molar-refractivity contribution in [2.75, 3.05) is 7.11 Å². The molecule has 2 rings (SSSR count). The van der Waals surface area contributed by atoms with Crippen LogP contribution in [-0.4, -0.2) is 28.5 Å². The molecule has 0 amide bonds. The number of aromatic amines is 1. The highest BCUT2D eigenvalue weighted by molar-refractivity contribution is 5.77. The van der Waals surface area contributed by atoms with Crippen LogP contribution < -0.4 is 0 Å². The molecule has 0 atom stereocenters. The first-order valence-electron chi connectivity index (χ1n) is 4.83. The topological polar surface area (TPSA) is 67.9 Å². The monoisotopic (exact) mass is 217 g/mol. The molecule has 0 fully saturated rings. The first kappa shape index (κ1) is 10.4. The summed E-state index contributed by atoms with van der Waals surface area (Å²) in [5.74, 6) is -0.251. The Hall–Kier alpha value is -2.17. The Morgan fingerprint density at radius 1 is 1.44 bits per heavy atom. The summed E-state index contributed by atoms with van der Waals surface area (Å²) in [7, 11) is 1.37. The number of carbonyl (C=O) groups is 1. The third kappa shape index (κ3) is 2.25. The summed E-state index contributed by atoms with van der Waals surface area (Å²) in [6, 6.07) is 5.68. The van der Waals surface area contributed by atoms with Crippen LogP contribution in [0.3, 0.4) is 0 Å². The molecule has 1 heterocycles. The highest BCUT2D eigenvalue weighted by Gasteiger charge is 1.98. The van der Waals surface area contributed by atoms with Crippen LogP contribution in [0, 0.1) is 0 Å². The maximum atomic E-state index is 10.9. The predicted octanol–water partition coefficient (Wildman–Crippen LogP) is 1.53. The molecular weight excluding hydrogens is 206 g/mol. The van der Waals surface area contributed by atoms with E-state index >= 15 is 0 Å². The zero-order chi connectivity index (χ0) is 11.4. The first-order chi connectivity index (χ1) is 7.79. The van der Waals surface area contributed by atoms with Crippen molar-refractivity contribution < 1.29 is 9.53 Å². The third-order valence-corrected chi connectivity index (χ3v) is 2.16. The summed E-state index contributed by atoms with van der Waals surface area (Å²) in [5.41, 5.74) is 2.61. The number of hydrogen-bond acceptors (Lipinski definition) is 4. The number of nitrogens with zero attached hydrogens (tertiary/aromatic N) is 2. The van der Waals surface area contributed by atoms with E-state index in [1.165, 1.54) is 7.11 Å². The van der Waals surface area contributed by atoms with Gasteiger partial charge in [0.05, 0.1) is 13.5 Å². The molecule has 0 aliphatic carbocycles. The SMILES string of the molecule is COC(=O)CC=Cc1ccc2n[nH]nc2c1. The van der Waals surface area contributed by atoms with Crippen LogP contribution in [0.15, 0.2) is 24.3 Å². The number of fused-ring (bicyclic) bond motifs is 1. The minimum absolute atomic E-state index is 0.251. The number of aromatic nitrogens is 3. The Morgan fingerprint density at radius 2 is 2.25 bits per heavy atom. The zero-order valence-corrected chi connectivity index (χ0v) is 8.80. The Balaban J connectivity index is 2.11. The van der Waals surface area contributed by atoms with Crippen molar-refractivity contribution in [2.24, 2.45) is 0 Å². The van der Waals surface area contributed by atoms with E-state index in [-0.39, 0.29) is 12.4 Å². The molecule has 0 saturated carbocycles. The average molecular weight is 217 g/mol. The van der Waals surface area contributed by atoms with E-state index in [1.54, 1.807) is 6.08 Å². The first-order valence-corrected chi connectivity index (χ1v) is 4.83. The Kier molecular flexibility index (Phi) is 2.95. The van der Waals surface area contributed by atoms with Gasteiger partial charge in [-0.2, -0.15) is 15.4 Å². The normalized spacial score (nSPS) is 11.1. The fourth-order valence-corrected chi connectivity index (χ4v) is 1.34. The van der Waals surface area contributed by atoms with Gasteiger partial charge in [-0.15, -0.1) is 0 Å². The molecule has 0 bridgehead atoms. The second-order valence-electron chi connectivity index (χ2n) is 3.25. The molecule has 1 aromatic heterocycles. The average Bonchev–Trinajstić information content (AvgIpc) is 2.76. The van der Waals surface area contributed by atoms with Crippen molar-refractivity contribution in [1.29, 1.82) is 0 Å². The van der Waals surface area contributed by atoms with Gasteiger partial charge in [0, 0.05) is 0 Å². The molecule has 16 heavy (non-hydrogen) atoms. The quantitative estimate of drug-likeness (QED) is 0.792. The molecule has 2 aromatic rings. The summed E-state index contributed by atoms with van der Waals surface area (Å²) in [4.78, 5) is 10.9. The van der Waals surface area contributed by atoms with E-state index in [4.69, 9.17) is 0 Å². The standard InChI is InChI=1S/C11H11N3O2/c1-16-11(15)4-2-3-8-5-6-9-10(7-8)13-14-12-9/h2-3,5-7H,4H2,1H3,(H,12,13,14). The van der Waals surface area contributed by atoms with Crippen LogP contribution >= 0.6 is 0 Å². The second-order valence-corrected chi connectivity index (χ2v) is 3.25. The van der Waals surface area contributed by atoms with Gasteiger partial charge in [0.1, 0.15) is 11.0 Å². The van der Waals surface area contributed by atoms with Crippen LogP contribution in [0.4, 0.5) is 0 Å². The van der Waals surface area contributed by atoms with Crippen molar-refractivity contribution >= 4 is 23.1 Å². The highest BCUT2D eigenvalue weighted by atomic mass is 16.5. The Morgan fingerprint density at radius 3 is 3.06 bits per heavy atom. The van der Waals surface area contributed by atoms with Crippen LogP contribution in [0.2, 0.25) is 0 Å². The van der Waals surface area contributed by atoms with E-state index in [9.17, 15) is 4.79 Å². The minimum Gasteiger partial charge on any atom is -0.469 e. The molecule has 0 spiro atoms. The number of carbonyl (C=O) groups excluding carboxylic acids is 1. The van der Waals surface area contributed by atoms with Gasteiger partial charge in [0.2, 0.25) is 0 Å². The molecule has 5 nitrogen and oxygen atoms in total. The van der Waals surface area contributed by atoms with Crippen molar-refractivity contribution in [1.82, 2.24) is 15.4 Å². The van der Waals surface area contributed by atoms with Crippen molar-refractivity contribution in [2.45, 2.75) is 6.42 Å². The van der Waals surface area contributed by atoms with Gasteiger partial charge in [0.15, 0.2) is 0 Å². The largest absolute Gasteiger partial charge is 0.469 e. The number of methoxy groups -OCH3 is 1. The minimum atomic E-state index is -0.251. The smallest absolute Gasteiger partial charge is 0.309 e. The summed E-state index contributed by atoms with van der Waals surface area (Å²) in [5, 5.41) is 10.5. The van der Waals surface area contributed by atoms with E-state index in [1.807, 2.05) is 24.3 Å². The fraction of sp³-hybridized carbons (Fsp3) is 0.182. The lowest BCUT2D eigenvalue weighted by molar-refractivity contribution is -0.139. The number of hydrogen-bond donors (Lipinski definition) is 1. The van der Waals surface area contributed by atoms with Crippen molar-refractivity contribution in [3.8, 4) is 0 Å². The predicted molar refractivity (Wildman–Crippen MR) is 59.6 cm³/mol. The molecular formula is C11H11N3O2. The van der Waals surface area contributed by atoms with E-state index in [2.05, 4.69) is 20.1 Å². The number of H-pyrrole nitrogens is 1. The summed E-state index contributed by atoms with van der Waals surface area (Å²) in [6.07, 6.45) is 3.88. The number of rotatable bonds is 3. The van der Waals surface area contributed by atoms with Gasteiger partial charge < -0.3 is 4.74 Å². The number of ether oxygens (including phenoxy) is 1. The molecule has 82 valence electrons. The molecule has 0 unspecified atom stereocenters. The molecule has 0 radical (unpaired) electrons. The fourth-order valence-electron chi connectivity index (χ4n) is 1.34. The lowest BCUT2D eigenvalue weighted by Crippen LogP contribution is -1.96. The molecule has 0 aliphatic rings. The number of esters is 1. The van der Waals surface area contributed by atoms with Crippen LogP contribution in [0.1, 0.15) is 12.0 Å². The molecule has 0 aliphatic heterocycles. The third-order valence-electron chi connectivity index (χ3n) is 2.16. The van der Waals surface area contributed by atoms with E-state index in [0.717, 1.165) is 16.6 Å². The van der Waals surface area contributed by atoms with Gasteiger partial charge in [-0.1, -0.05) is 18.2 Å². The van der Waals surface area contributed by atoms with Gasteiger partial charge in [-0.05, 0) is 17.7 Å². The lowest BCUT2D eigenvalue weighted by Gasteiger charge is -1.93.